The van der Waals surface area contributed by atoms with Crippen molar-refractivity contribution in [3.8, 4) is 17.6 Å². The van der Waals surface area contributed by atoms with Crippen molar-refractivity contribution in [3.63, 3.8) is 0 Å². The van der Waals surface area contributed by atoms with Crippen LogP contribution in [0, 0.1) is 17.8 Å². The van der Waals surface area contributed by atoms with Gasteiger partial charge in [0.15, 0.2) is 5.54 Å². The highest BCUT2D eigenvalue weighted by Gasteiger charge is 2.41. The van der Waals surface area contributed by atoms with Gasteiger partial charge in [-0.25, -0.2) is 0 Å². The fourth-order valence-corrected chi connectivity index (χ4v) is 4.07. The van der Waals surface area contributed by atoms with E-state index >= 15 is 0 Å². The lowest BCUT2D eigenvalue weighted by atomic mass is 9.88. The average molecular weight is 361 g/mol. The SMILES string of the molecule is OC[C@@]1(C#CC2CCCCC2)COc2ccccc2N1Cc1ccccc1. The lowest BCUT2D eigenvalue weighted by Gasteiger charge is -2.44. The number of aliphatic hydroxyl groups is 1. The van der Waals surface area contributed by atoms with E-state index in [9.17, 15) is 5.11 Å². The highest BCUT2D eigenvalue weighted by atomic mass is 16.5. The summed E-state index contributed by atoms with van der Waals surface area (Å²) in [6.45, 7) is 1.03. The van der Waals surface area contributed by atoms with Crippen LogP contribution in [-0.2, 0) is 6.54 Å². The fraction of sp³-hybridized carbons (Fsp3) is 0.417. The van der Waals surface area contributed by atoms with Crippen LogP contribution in [0.5, 0.6) is 5.75 Å². The summed E-state index contributed by atoms with van der Waals surface area (Å²) in [5, 5.41) is 10.4. The minimum Gasteiger partial charge on any atom is -0.488 e. The van der Waals surface area contributed by atoms with Crippen LogP contribution in [0.15, 0.2) is 54.6 Å². The molecule has 1 fully saturated rings. The molecule has 0 spiro atoms. The summed E-state index contributed by atoms with van der Waals surface area (Å²) in [5.74, 6) is 8.27. The number of benzene rings is 2. The number of para-hydroxylation sites is 2. The van der Waals surface area contributed by atoms with Crippen molar-refractivity contribution < 1.29 is 9.84 Å². The Kier molecular flexibility index (Phi) is 5.36. The quantitative estimate of drug-likeness (QED) is 0.823. The molecule has 3 heteroatoms. The lowest BCUT2D eigenvalue weighted by Crippen LogP contribution is -2.57. The fourth-order valence-electron chi connectivity index (χ4n) is 4.07. The summed E-state index contributed by atoms with van der Waals surface area (Å²) < 4.78 is 6.03. The van der Waals surface area contributed by atoms with E-state index in [-0.39, 0.29) is 6.61 Å². The Morgan fingerprint density at radius 1 is 1.00 bits per heavy atom. The van der Waals surface area contributed by atoms with Crippen molar-refractivity contribution in [2.75, 3.05) is 18.1 Å². The second-order valence-electron chi connectivity index (χ2n) is 7.62. The van der Waals surface area contributed by atoms with E-state index in [1.807, 2.05) is 24.3 Å². The smallest absolute Gasteiger partial charge is 0.159 e. The first kappa shape index (κ1) is 17.9. The number of hydrogen-bond donors (Lipinski definition) is 1. The van der Waals surface area contributed by atoms with E-state index in [0.717, 1.165) is 11.4 Å². The summed E-state index contributed by atoms with van der Waals surface area (Å²) in [5.41, 5.74) is 1.49. The van der Waals surface area contributed by atoms with E-state index in [0.29, 0.717) is 19.1 Å². The Hall–Kier alpha value is -2.44. The van der Waals surface area contributed by atoms with Gasteiger partial charge in [0.25, 0.3) is 0 Å². The van der Waals surface area contributed by atoms with Gasteiger partial charge < -0.3 is 14.7 Å². The molecule has 1 atom stereocenters. The molecular weight excluding hydrogens is 334 g/mol. The minimum atomic E-state index is -0.707. The third kappa shape index (κ3) is 3.82. The number of fused-ring (bicyclic) bond motifs is 1. The molecular formula is C24H27NO2. The summed E-state index contributed by atoms with van der Waals surface area (Å²) in [4.78, 5) is 2.23. The van der Waals surface area contributed by atoms with E-state index < -0.39 is 5.54 Å². The molecule has 0 radical (unpaired) electrons. The molecule has 0 amide bonds. The van der Waals surface area contributed by atoms with Crippen LogP contribution in [0.25, 0.3) is 0 Å². The first-order valence-corrected chi connectivity index (χ1v) is 9.98. The summed E-state index contributed by atoms with van der Waals surface area (Å²) in [6, 6.07) is 18.4. The second kappa shape index (κ2) is 8.06. The Morgan fingerprint density at radius 3 is 2.52 bits per heavy atom. The molecule has 2 aromatic carbocycles. The molecule has 0 unspecified atom stereocenters. The maximum atomic E-state index is 10.4. The molecule has 1 N–H and O–H groups in total. The average Bonchev–Trinajstić information content (AvgIpc) is 2.75. The van der Waals surface area contributed by atoms with Gasteiger partial charge in [0, 0.05) is 12.5 Å². The normalized spacial score (nSPS) is 22.3. The molecule has 1 aliphatic heterocycles. The maximum absolute atomic E-state index is 10.4. The molecule has 2 aliphatic rings. The zero-order chi connectivity index (χ0) is 18.5. The van der Waals surface area contributed by atoms with Crippen LogP contribution in [0.4, 0.5) is 5.69 Å². The van der Waals surface area contributed by atoms with Gasteiger partial charge in [-0.2, -0.15) is 0 Å². The second-order valence-corrected chi connectivity index (χ2v) is 7.62. The Bertz CT molecular complexity index is 817. The van der Waals surface area contributed by atoms with E-state index in [1.54, 1.807) is 0 Å². The molecule has 3 nitrogen and oxygen atoms in total. The Labute approximate surface area is 162 Å². The van der Waals surface area contributed by atoms with Gasteiger partial charge in [-0.3, -0.25) is 0 Å². The predicted molar refractivity (Wildman–Crippen MR) is 109 cm³/mol. The molecule has 1 saturated carbocycles. The summed E-state index contributed by atoms with van der Waals surface area (Å²) >= 11 is 0. The maximum Gasteiger partial charge on any atom is 0.159 e. The minimum absolute atomic E-state index is 0.0477. The van der Waals surface area contributed by atoms with Crippen LogP contribution >= 0.6 is 0 Å². The molecule has 0 aromatic heterocycles. The van der Waals surface area contributed by atoms with Crippen molar-refractivity contribution in [2.24, 2.45) is 5.92 Å². The van der Waals surface area contributed by atoms with E-state index in [4.69, 9.17) is 4.74 Å². The first-order chi connectivity index (χ1) is 13.3. The van der Waals surface area contributed by atoms with E-state index in [2.05, 4.69) is 47.1 Å². The van der Waals surface area contributed by atoms with Crippen molar-refractivity contribution in [3.05, 3.63) is 60.2 Å². The highest BCUT2D eigenvalue weighted by molar-refractivity contribution is 5.64. The number of anilines is 1. The Morgan fingerprint density at radius 2 is 1.74 bits per heavy atom. The molecule has 2 aromatic rings. The van der Waals surface area contributed by atoms with Crippen molar-refractivity contribution >= 4 is 5.69 Å². The molecule has 140 valence electrons. The van der Waals surface area contributed by atoms with Crippen molar-refractivity contribution in [1.82, 2.24) is 0 Å². The van der Waals surface area contributed by atoms with Gasteiger partial charge in [0.1, 0.15) is 12.4 Å². The van der Waals surface area contributed by atoms with Gasteiger partial charge in [-0.1, -0.05) is 73.6 Å². The first-order valence-electron chi connectivity index (χ1n) is 9.98. The van der Waals surface area contributed by atoms with Crippen LogP contribution < -0.4 is 9.64 Å². The molecule has 0 saturated heterocycles. The third-order valence-corrected chi connectivity index (χ3v) is 5.70. The molecule has 27 heavy (non-hydrogen) atoms. The number of nitrogens with zero attached hydrogens (tertiary/aromatic N) is 1. The number of ether oxygens (including phenoxy) is 1. The van der Waals surface area contributed by atoms with Gasteiger partial charge in [-0.05, 0) is 30.5 Å². The predicted octanol–water partition coefficient (Wildman–Crippen LogP) is 4.40. The van der Waals surface area contributed by atoms with Gasteiger partial charge in [0.2, 0.25) is 0 Å². The van der Waals surface area contributed by atoms with Crippen LogP contribution in [0.3, 0.4) is 0 Å². The third-order valence-electron chi connectivity index (χ3n) is 5.70. The number of hydrogen-bond acceptors (Lipinski definition) is 3. The van der Waals surface area contributed by atoms with Crippen LogP contribution in [0.2, 0.25) is 0 Å². The van der Waals surface area contributed by atoms with Gasteiger partial charge in [0.05, 0.1) is 12.3 Å². The van der Waals surface area contributed by atoms with Crippen LogP contribution in [0.1, 0.15) is 37.7 Å². The molecule has 0 bridgehead atoms. The highest BCUT2D eigenvalue weighted by Crippen LogP contribution is 2.39. The summed E-state index contributed by atoms with van der Waals surface area (Å²) in [6.07, 6.45) is 6.19. The van der Waals surface area contributed by atoms with Gasteiger partial charge in [-0.15, -0.1) is 0 Å². The largest absolute Gasteiger partial charge is 0.488 e. The Balaban J connectivity index is 1.70. The molecule has 1 aliphatic carbocycles. The molecule has 1 heterocycles. The van der Waals surface area contributed by atoms with E-state index in [1.165, 1.54) is 37.7 Å². The molecule has 4 rings (SSSR count). The number of aliphatic hydroxyl groups excluding tert-OH is 1. The lowest BCUT2D eigenvalue weighted by molar-refractivity contribution is 0.148. The van der Waals surface area contributed by atoms with Crippen molar-refractivity contribution in [1.29, 1.82) is 0 Å². The topological polar surface area (TPSA) is 32.7 Å². The van der Waals surface area contributed by atoms with Crippen LogP contribution in [-0.4, -0.2) is 23.9 Å². The van der Waals surface area contributed by atoms with Gasteiger partial charge >= 0.3 is 0 Å². The monoisotopic (exact) mass is 361 g/mol. The zero-order valence-corrected chi connectivity index (χ0v) is 15.7. The number of rotatable bonds is 3. The van der Waals surface area contributed by atoms with Crippen molar-refractivity contribution in [2.45, 2.75) is 44.2 Å². The summed E-state index contributed by atoms with van der Waals surface area (Å²) in [7, 11) is 0. The zero-order valence-electron chi connectivity index (χ0n) is 15.7. The standard InChI is InChI=1S/C24H27NO2/c26-18-24(16-15-20-9-3-1-4-10-20)19-27-23-14-8-7-13-22(23)25(24)17-21-11-5-2-6-12-21/h2,5-8,11-14,20,26H,1,3-4,9-10,17-19H2/t24-/m0/s1.